The number of anilines is 1. The molecule has 2 heterocycles. The number of nitrogens with one attached hydrogen (secondary N) is 1. The van der Waals surface area contributed by atoms with Gasteiger partial charge in [0.1, 0.15) is 11.0 Å². The summed E-state index contributed by atoms with van der Waals surface area (Å²) in [6.07, 6.45) is 1.74. The summed E-state index contributed by atoms with van der Waals surface area (Å²) in [5.41, 5.74) is 5.85. The monoisotopic (exact) mass is 284 g/mol. The molecule has 4 N–H and O–H groups in total. The largest absolute Gasteiger partial charge is 0.480 e. The summed E-state index contributed by atoms with van der Waals surface area (Å²) in [5.74, 6) is -1.08. The first-order valence-electron chi connectivity index (χ1n) is 5.17. The Kier molecular flexibility index (Phi) is 3.90. The van der Waals surface area contributed by atoms with Crippen LogP contribution in [0.25, 0.3) is 0 Å². The minimum absolute atomic E-state index is 0.0325. The van der Waals surface area contributed by atoms with Gasteiger partial charge in [-0.1, -0.05) is 0 Å². The number of carboxylic acids is 1. The van der Waals surface area contributed by atoms with Gasteiger partial charge in [-0.15, -0.1) is 22.7 Å². The second-order valence-electron chi connectivity index (χ2n) is 3.63. The molecule has 0 bridgehead atoms. The van der Waals surface area contributed by atoms with Gasteiger partial charge in [0, 0.05) is 17.0 Å². The lowest BCUT2D eigenvalue weighted by atomic mass is 10.2. The van der Waals surface area contributed by atoms with Gasteiger partial charge >= 0.3 is 5.97 Å². The second kappa shape index (κ2) is 5.42. The summed E-state index contributed by atoms with van der Waals surface area (Å²) in [4.78, 5) is 19.1. The molecule has 8 heteroatoms. The lowest BCUT2D eigenvalue weighted by Gasteiger charge is -2.09. The maximum absolute atomic E-state index is 10.7. The molecule has 2 unspecified atom stereocenters. The molecule has 0 aliphatic heterocycles. The maximum Gasteiger partial charge on any atom is 0.326 e. The molecule has 2 aromatic rings. The van der Waals surface area contributed by atoms with Crippen molar-refractivity contribution in [3.05, 3.63) is 27.7 Å². The molecule has 0 radical (unpaired) electrons. The molecule has 0 fully saturated rings. The van der Waals surface area contributed by atoms with E-state index in [0.717, 1.165) is 5.01 Å². The molecule has 2 aromatic heterocycles. The molecule has 2 rings (SSSR count). The van der Waals surface area contributed by atoms with Crippen LogP contribution in [-0.4, -0.2) is 21.0 Å². The number of rotatable bonds is 5. The highest BCUT2D eigenvalue weighted by molar-refractivity contribution is 7.13. The summed E-state index contributed by atoms with van der Waals surface area (Å²) in [7, 11) is 0. The van der Waals surface area contributed by atoms with Crippen LogP contribution in [0.5, 0.6) is 0 Å². The predicted octanol–water partition coefficient (Wildman–Crippen LogP) is 1.86. The summed E-state index contributed by atoms with van der Waals surface area (Å²) < 4.78 is 0. The first-order chi connectivity index (χ1) is 8.58. The van der Waals surface area contributed by atoms with Gasteiger partial charge in [0.25, 0.3) is 0 Å². The number of aromatic nitrogens is 2. The Balaban J connectivity index is 2.05. The number of hydrogen-bond acceptors (Lipinski definition) is 7. The average Bonchev–Trinajstić information content (AvgIpc) is 2.98. The summed E-state index contributed by atoms with van der Waals surface area (Å²) in [6, 6.07) is -1.04. The van der Waals surface area contributed by atoms with Gasteiger partial charge in [-0.05, 0) is 6.92 Å². The SMILES string of the molecule is CC(Nc1nc(C(N)C(=O)O)cs1)c1nccs1. The van der Waals surface area contributed by atoms with Gasteiger partial charge in [-0.2, -0.15) is 0 Å². The van der Waals surface area contributed by atoms with Crippen molar-refractivity contribution in [2.45, 2.75) is 19.0 Å². The van der Waals surface area contributed by atoms with Gasteiger partial charge in [0.15, 0.2) is 5.13 Å². The van der Waals surface area contributed by atoms with E-state index in [1.165, 1.54) is 11.3 Å². The average molecular weight is 284 g/mol. The standard InChI is InChI=1S/C10H12N4O2S2/c1-5(8-12-2-3-17-8)13-10-14-6(4-18-10)7(11)9(15)16/h2-5,7H,11H2,1H3,(H,13,14)(H,15,16). The van der Waals surface area contributed by atoms with E-state index in [1.807, 2.05) is 12.3 Å². The molecule has 0 amide bonds. The van der Waals surface area contributed by atoms with Crippen LogP contribution in [0.4, 0.5) is 5.13 Å². The molecule has 2 atom stereocenters. The number of hydrogen-bond donors (Lipinski definition) is 3. The van der Waals surface area contributed by atoms with Gasteiger partial charge in [-0.25, -0.2) is 9.97 Å². The minimum Gasteiger partial charge on any atom is -0.480 e. The highest BCUT2D eigenvalue weighted by Crippen LogP contribution is 2.25. The summed E-state index contributed by atoms with van der Waals surface area (Å²) in [5, 5.41) is 17.1. The van der Waals surface area contributed by atoms with Crippen molar-refractivity contribution in [2.24, 2.45) is 5.73 Å². The Labute approximate surface area is 112 Å². The molecule has 0 aliphatic rings. The molecule has 0 aliphatic carbocycles. The Morgan fingerprint density at radius 2 is 2.33 bits per heavy atom. The van der Waals surface area contributed by atoms with Crippen molar-refractivity contribution in [2.75, 3.05) is 5.32 Å². The number of carbonyl (C=O) groups is 1. The van der Waals surface area contributed by atoms with Crippen LogP contribution in [-0.2, 0) is 4.79 Å². The van der Waals surface area contributed by atoms with E-state index in [1.54, 1.807) is 22.9 Å². The number of aliphatic carboxylic acids is 1. The Bertz CT molecular complexity index is 526. The van der Waals surface area contributed by atoms with E-state index in [0.29, 0.717) is 10.8 Å². The van der Waals surface area contributed by atoms with Crippen LogP contribution in [0.15, 0.2) is 17.0 Å². The van der Waals surface area contributed by atoms with E-state index >= 15 is 0 Å². The van der Waals surface area contributed by atoms with Crippen LogP contribution in [0.1, 0.15) is 29.7 Å². The fraction of sp³-hybridized carbons (Fsp3) is 0.300. The Morgan fingerprint density at radius 1 is 1.56 bits per heavy atom. The normalized spacial score (nSPS) is 14.1. The van der Waals surface area contributed by atoms with Crippen molar-refractivity contribution < 1.29 is 9.90 Å². The fourth-order valence-corrected chi connectivity index (χ4v) is 2.80. The molecule has 96 valence electrons. The molecular weight excluding hydrogens is 272 g/mol. The molecule has 0 saturated carbocycles. The molecule has 0 saturated heterocycles. The maximum atomic E-state index is 10.7. The lowest BCUT2D eigenvalue weighted by Crippen LogP contribution is -2.21. The minimum atomic E-state index is -1.08. The zero-order valence-corrected chi connectivity index (χ0v) is 11.2. The van der Waals surface area contributed by atoms with E-state index < -0.39 is 12.0 Å². The van der Waals surface area contributed by atoms with Crippen molar-refractivity contribution in [3.63, 3.8) is 0 Å². The van der Waals surface area contributed by atoms with Crippen LogP contribution in [0, 0.1) is 0 Å². The van der Waals surface area contributed by atoms with Crippen molar-refractivity contribution in [3.8, 4) is 0 Å². The third-order valence-corrected chi connectivity index (χ3v) is 4.02. The number of thiazole rings is 2. The fourth-order valence-electron chi connectivity index (χ4n) is 1.32. The van der Waals surface area contributed by atoms with E-state index in [2.05, 4.69) is 15.3 Å². The Hall–Kier alpha value is -1.51. The number of carboxylic acid groups (broad SMARTS) is 1. The van der Waals surface area contributed by atoms with Crippen LogP contribution in [0.3, 0.4) is 0 Å². The van der Waals surface area contributed by atoms with Crippen LogP contribution < -0.4 is 11.1 Å². The summed E-state index contributed by atoms with van der Waals surface area (Å²) in [6.45, 7) is 1.97. The van der Waals surface area contributed by atoms with Gasteiger partial charge in [0.2, 0.25) is 0 Å². The van der Waals surface area contributed by atoms with Crippen LogP contribution >= 0.6 is 22.7 Å². The quantitative estimate of drug-likeness (QED) is 0.774. The number of nitrogens with two attached hydrogens (primary N) is 1. The molecular formula is C10H12N4O2S2. The first-order valence-corrected chi connectivity index (χ1v) is 6.93. The van der Waals surface area contributed by atoms with E-state index in [4.69, 9.17) is 10.8 Å². The van der Waals surface area contributed by atoms with E-state index in [-0.39, 0.29) is 6.04 Å². The number of nitrogens with zero attached hydrogens (tertiary/aromatic N) is 2. The third-order valence-electron chi connectivity index (χ3n) is 2.27. The molecule has 18 heavy (non-hydrogen) atoms. The van der Waals surface area contributed by atoms with Crippen molar-refractivity contribution >= 4 is 33.8 Å². The van der Waals surface area contributed by atoms with Gasteiger partial charge in [0.05, 0.1) is 11.7 Å². The molecule has 0 spiro atoms. The zero-order chi connectivity index (χ0) is 13.1. The predicted molar refractivity (Wildman–Crippen MR) is 70.8 cm³/mol. The van der Waals surface area contributed by atoms with E-state index in [9.17, 15) is 4.79 Å². The highest BCUT2D eigenvalue weighted by Gasteiger charge is 2.18. The zero-order valence-electron chi connectivity index (χ0n) is 9.53. The smallest absolute Gasteiger partial charge is 0.326 e. The first kappa shape index (κ1) is 12.9. The van der Waals surface area contributed by atoms with Gasteiger partial charge < -0.3 is 16.2 Å². The lowest BCUT2D eigenvalue weighted by molar-refractivity contribution is -0.138. The summed E-state index contributed by atoms with van der Waals surface area (Å²) >= 11 is 2.88. The molecule has 6 nitrogen and oxygen atoms in total. The van der Waals surface area contributed by atoms with Crippen molar-refractivity contribution in [1.82, 2.24) is 9.97 Å². The van der Waals surface area contributed by atoms with Crippen LogP contribution in [0.2, 0.25) is 0 Å². The highest BCUT2D eigenvalue weighted by atomic mass is 32.1. The Morgan fingerprint density at radius 3 is 2.94 bits per heavy atom. The van der Waals surface area contributed by atoms with Gasteiger partial charge in [-0.3, -0.25) is 4.79 Å². The molecule has 0 aromatic carbocycles. The third kappa shape index (κ3) is 2.84. The second-order valence-corrected chi connectivity index (χ2v) is 5.41. The van der Waals surface area contributed by atoms with Crippen molar-refractivity contribution in [1.29, 1.82) is 0 Å². The topological polar surface area (TPSA) is 101 Å².